The molecule has 0 radical (unpaired) electrons. The van der Waals surface area contributed by atoms with Gasteiger partial charge >= 0.3 is 0 Å². The van der Waals surface area contributed by atoms with Gasteiger partial charge in [0.25, 0.3) is 0 Å². The smallest absolute Gasteiger partial charge is 0.104 e. The van der Waals surface area contributed by atoms with Gasteiger partial charge in [-0.15, -0.1) is 0 Å². The van der Waals surface area contributed by atoms with E-state index in [0.717, 1.165) is 16.9 Å². The molecule has 1 aromatic carbocycles. The number of thiocarbonyl (C=S) groups is 1. The summed E-state index contributed by atoms with van der Waals surface area (Å²) in [6, 6.07) is 7.47. The lowest BCUT2D eigenvalue weighted by molar-refractivity contribution is 1.56. The fourth-order valence-corrected chi connectivity index (χ4v) is 2.20. The Balaban J connectivity index is 2.26. The number of thiophene rings is 1. The van der Waals surface area contributed by atoms with Gasteiger partial charge in [-0.3, -0.25) is 0 Å². The van der Waals surface area contributed by atoms with Crippen molar-refractivity contribution >= 4 is 51.5 Å². The minimum atomic E-state index is 0.351. The summed E-state index contributed by atoms with van der Waals surface area (Å²) in [4.78, 5) is 0.351. The van der Waals surface area contributed by atoms with Crippen LogP contribution < -0.4 is 11.1 Å². The van der Waals surface area contributed by atoms with Gasteiger partial charge in [-0.2, -0.15) is 11.3 Å². The summed E-state index contributed by atoms with van der Waals surface area (Å²) < 4.78 is 0. The second-order valence-corrected chi connectivity index (χ2v) is 4.82. The van der Waals surface area contributed by atoms with Gasteiger partial charge < -0.3 is 11.1 Å². The predicted octanol–water partition coefficient (Wildman–Crippen LogP) is 3.78. The molecule has 5 heteroatoms. The Morgan fingerprint density at radius 1 is 1.38 bits per heavy atom. The Labute approximate surface area is 108 Å². The molecule has 2 nitrogen and oxygen atoms in total. The van der Waals surface area contributed by atoms with Crippen LogP contribution in [0.2, 0.25) is 5.02 Å². The van der Waals surface area contributed by atoms with Crippen LogP contribution in [0.15, 0.2) is 35.0 Å². The second kappa shape index (κ2) is 4.82. The highest BCUT2D eigenvalue weighted by Crippen LogP contribution is 2.27. The van der Waals surface area contributed by atoms with E-state index in [1.54, 1.807) is 17.4 Å². The number of hydrogen-bond acceptors (Lipinski definition) is 3. The summed E-state index contributed by atoms with van der Waals surface area (Å²) in [6.07, 6.45) is 0. The lowest BCUT2D eigenvalue weighted by atomic mass is 10.2. The van der Waals surface area contributed by atoms with Crippen LogP contribution in [0.3, 0.4) is 0 Å². The van der Waals surface area contributed by atoms with Crippen LogP contribution in [0.4, 0.5) is 11.4 Å². The first kappa shape index (κ1) is 11.4. The standard InChI is InChI=1S/C11H9ClN2S2/c12-9-5-7(11(13)15)1-2-10(9)14-8-3-4-16-6-8/h1-6,14H,(H2,13,15). The number of benzene rings is 1. The number of rotatable bonds is 3. The fourth-order valence-electron chi connectivity index (χ4n) is 1.26. The van der Waals surface area contributed by atoms with E-state index in [4.69, 9.17) is 29.6 Å². The maximum Gasteiger partial charge on any atom is 0.104 e. The van der Waals surface area contributed by atoms with E-state index in [2.05, 4.69) is 5.32 Å². The van der Waals surface area contributed by atoms with Crippen LogP contribution >= 0.6 is 35.2 Å². The quantitative estimate of drug-likeness (QED) is 0.832. The molecule has 0 saturated carbocycles. The van der Waals surface area contributed by atoms with Crippen LogP contribution in [-0.2, 0) is 0 Å². The summed E-state index contributed by atoms with van der Waals surface area (Å²) in [7, 11) is 0. The average Bonchev–Trinajstić information content (AvgIpc) is 2.73. The summed E-state index contributed by atoms with van der Waals surface area (Å²) in [6.45, 7) is 0. The summed E-state index contributed by atoms with van der Waals surface area (Å²) in [5.74, 6) is 0. The van der Waals surface area contributed by atoms with Crippen molar-refractivity contribution in [1.82, 2.24) is 0 Å². The van der Waals surface area contributed by atoms with Crippen molar-refractivity contribution in [2.24, 2.45) is 5.73 Å². The van der Waals surface area contributed by atoms with Crippen molar-refractivity contribution in [2.45, 2.75) is 0 Å². The van der Waals surface area contributed by atoms with Crippen molar-refractivity contribution in [1.29, 1.82) is 0 Å². The molecule has 82 valence electrons. The lowest BCUT2D eigenvalue weighted by Gasteiger charge is -2.07. The SMILES string of the molecule is NC(=S)c1ccc(Nc2ccsc2)c(Cl)c1. The molecule has 0 aliphatic carbocycles. The highest BCUT2D eigenvalue weighted by Gasteiger charge is 2.04. The highest BCUT2D eigenvalue weighted by molar-refractivity contribution is 7.80. The average molecular weight is 269 g/mol. The van der Waals surface area contributed by atoms with E-state index in [0.29, 0.717) is 10.0 Å². The minimum absolute atomic E-state index is 0.351. The van der Waals surface area contributed by atoms with Crippen LogP contribution in [0.25, 0.3) is 0 Å². The first-order valence-electron chi connectivity index (χ1n) is 4.55. The van der Waals surface area contributed by atoms with Gasteiger partial charge in [-0.05, 0) is 29.6 Å². The second-order valence-electron chi connectivity index (χ2n) is 3.20. The molecule has 3 N–H and O–H groups in total. The van der Waals surface area contributed by atoms with Gasteiger partial charge in [0, 0.05) is 16.6 Å². The summed E-state index contributed by atoms with van der Waals surface area (Å²) in [5.41, 5.74) is 8.17. The zero-order valence-corrected chi connectivity index (χ0v) is 10.6. The number of hydrogen-bond donors (Lipinski definition) is 2. The molecule has 2 aromatic rings. The van der Waals surface area contributed by atoms with E-state index >= 15 is 0 Å². The molecule has 0 unspecified atom stereocenters. The van der Waals surface area contributed by atoms with Gasteiger partial charge in [0.05, 0.1) is 10.7 Å². The third-order valence-electron chi connectivity index (χ3n) is 2.05. The topological polar surface area (TPSA) is 38.0 Å². The van der Waals surface area contributed by atoms with E-state index in [1.807, 2.05) is 29.0 Å². The Bertz CT molecular complexity index is 509. The van der Waals surface area contributed by atoms with Crippen molar-refractivity contribution in [3.05, 3.63) is 45.6 Å². The number of nitrogens with one attached hydrogen (secondary N) is 1. The molecule has 0 bridgehead atoms. The molecular weight excluding hydrogens is 260 g/mol. The van der Waals surface area contributed by atoms with Gasteiger partial charge in [0.15, 0.2) is 0 Å². The molecule has 0 saturated heterocycles. The lowest BCUT2D eigenvalue weighted by Crippen LogP contribution is -2.09. The molecule has 1 heterocycles. The van der Waals surface area contributed by atoms with Crippen molar-refractivity contribution < 1.29 is 0 Å². The van der Waals surface area contributed by atoms with Gasteiger partial charge in [0.1, 0.15) is 4.99 Å². The largest absolute Gasteiger partial charge is 0.389 e. The fraction of sp³-hybridized carbons (Fsp3) is 0. The predicted molar refractivity (Wildman–Crippen MR) is 74.9 cm³/mol. The Hall–Kier alpha value is -1.10. The zero-order chi connectivity index (χ0) is 11.5. The highest BCUT2D eigenvalue weighted by atomic mass is 35.5. The van der Waals surface area contributed by atoms with Crippen LogP contribution in [0.1, 0.15) is 5.56 Å². The molecule has 2 rings (SSSR count). The van der Waals surface area contributed by atoms with Gasteiger partial charge in [0.2, 0.25) is 0 Å². The van der Waals surface area contributed by atoms with Crippen LogP contribution in [-0.4, -0.2) is 4.99 Å². The van der Waals surface area contributed by atoms with Crippen molar-refractivity contribution in [3.63, 3.8) is 0 Å². The maximum atomic E-state index is 6.12. The molecule has 0 aliphatic heterocycles. The minimum Gasteiger partial charge on any atom is -0.389 e. The van der Waals surface area contributed by atoms with Gasteiger partial charge in [-0.1, -0.05) is 23.8 Å². The molecule has 1 aromatic heterocycles. The molecule has 16 heavy (non-hydrogen) atoms. The molecule has 0 aliphatic rings. The van der Waals surface area contributed by atoms with Crippen molar-refractivity contribution in [3.8, 4) is 0 Å². The van der Waals surface area contributed by atoms with E-state index in [9.17, 15) is 0 Å². The van der Waals surface area contributed by atoms with Crippen LogP contribution in [0.5, 0.6) is 0 Å². The van der Waals surface area contributed by atoms with E-state index in [-0.39, 0.29) is 0 Å². The third kappa shape index (κ3) is 2.52. The summed E-state index contributed by atoms with van der Waals surface area (Å²) >= 11 is 12.6. The first-order valence-corrected chi connectivity index (χ1v) is 6.28. The Morgan fingerprint density at radius 2 is 2.19 bits per heavy atom. The first-order chi connectivity index (χ1) is 7.66. The Morgan fingerprint density at radius 3 is 2.75 bits per heavy atom. The monoisotopic (exact) mass is 268 g/mol. The van der Waals surface area contributed by atoms with E-state index < -0.39 is 0 Å². The number of halogens is 1. The molecule has 0 fully saturated rings. The number of nitrogens with two attached hydrogens (primary N) is 1. The molecule has 0 spiro atoms. The zero-order valence-electron chi connectivity index (χ0n) is 8.24. The molecule has 0 amide bonds. The van der Waals surface area contributed by atoms with Gasteiger partial charge in [-0.25, -0.2) is 0 Å². The maximum absolute atomic E-state index is 6.12. The number of anilines is 2. The van der Waals surface area contributed by atoms with E-state index in [1.165, 1.54) is 0 Å². The van der Waals surface area contributed by atoms with Crippen molar-refractivity contribution in [2.75, 3.05) is 5.32 Å². The molecular formula is C11H9ClN2S2. The third-order valence-corrected chi connectivity index (χ3v) is 3.29. The molecule has 0 atom stereocenters. The summed E-state index contributed by atoms with van der Waals surface area (Å²) in [5, 5.41) is 7.83. The normalized spacial score (nSPS) is 10.1. The Kier molecular flexibility index (Phi) is 3.43. The van der Waals surface area contributed by atoms with Crippen LogP contribution in [0, 0.1) is 0 Å².